The van der Waals surface area contributed by atoms with Gasteiger partial charge in [-0.1, -0.05) is 12.4 Å². The number of rotatable bonds is 2. The summed E-state index contributed by atoms with van der Waals surface area (Å²) in [7, 11) is 0. The molecule has 0 spiro atoms. The molecule has 10 heteroatoms. The maximum absolute atomic E-state index is 9.53. The molecule has 2 N–H and O–H groups in total. The molecular formula is C5H6Cr2NO7-. The molecule has 0 aliphatic heterocycles. The van der Waals surface area contributed by atoms with Crippen LogP contribution in [0.1, 0.15) is 0 Å². The van der Waals surface area contributed by atoms with Crippen molar-refractivity contribution in [3.8, 4) is 0 Å². The van der Waals surface area contributed by atoms with Gasteiger partial charge in [-0.05, 0) is 0 Å². The Labute approximate surface area is 89.3 Å². The van der Waals surface area contributed by atoms with Crippen LogP contribution in [-0.4, -0.2) is 13.3 Å². The van der Waals surface area contributed by atoms with Crippen molar-refractivity contribution in [1.29, 1.82) is 0 Å². The van der Waals surface area contributed by atoms with Gasteiger partial charge in [0.25, 0.3) is 0 Å². The molecule has 86 valence electrons. The Morgan fingerprint density at radius 1 is 1.07 bits per heavy atom. The summed E-state index contributed by atoms with van der Waals surface area (Å²) >= 11 is -11.5. The van der Waals surface area contributed by atoms with Crippen LogP contribution in [0.15, 0.2) is 24.4 Å². The van der Waals surface area contributed by atoms with Crippen molar-refractivity contribution < 1.29 is 53.6 Å². The summed E-state index contributed by atoms with van der Waals surface area (Å²) in [5.74, 6) is 0. The van der Waals surface area contributed by atoms with Crippen LogP contribution < -0.4 is 0 Å². The monoisotopic (exact) mass is 296 g/mol. The number of hydrogen-bond donors (Lipinski definition) is 2. The van der Waals surface area contributed by atoms with Gasteiger partial charge in [0.05, 0.1) is 0 Å². The van der Waals surface area contributed by atoms with Gasteiger partial charge in [-0.15, -0.1) is 0 Å². The van der Waals surface area contributed by atoms with Gasteiger partial charge in [0, 0.05) is 0 Å². The summed E-state index contributed by atoms with van der Waals surface area (Å²) < 4.78 is 56.3. The zero-order chi connectivity index (χ0) is 11.9. The van der Waals surface area contributed by atoms with Gasteiger partial charge < -0.3 is 4.98 Å². The molecule has 0 saturated heterocycles. The summed E-state index contributed by atoms with van der Waals surface area (Å²) in [5, 5.41) is 0. The van der Waals surface area contributed by atoms with Crippen molar-refractivity contribution in [3.05, 3.63) is 30.6 Å². The smallest absolute Gasteiger partial charge is 0.0813 e. The van der Waals surface area contributed by atoms with E-state index < -0.39 is 27.2 Å². The fraction of sp³-hybridized carbons (Fsp3) is 0. The third-order valence-corrected chi connectivity index (χ3v) is 3.44. The van der Waals surface area contributed by atoms with Gasteiger partial charge in [0.2, 0.25) is 0 Å². The molecule has 0 amide bonds. The van der Waals surface area contributed by atoms with E-state index in [1.807, 2.05) is 12.1 Å². The van der Waals surface area contributed by atoms with E-state index in [1.165, 1.54) is 0 Å². The molecule has 0 bridgehead atoms. The van der Waals surface area contributed by atoms with Crippen LogP contribution >= 0.6 is 0 Å². The first-order valence-corrected chi connectivity index (χ1v) is 7.40. The summed E-state index contributed by atoms with van der Waals surface area (Å²) in [6.07, 6.45) is 4.34. The second-order valence-electron chi connectivity index (χ2n) is 1.88. The molecule has 8 nitrogen and oxygen atoms in total. The van der Waals surface area contributed by atoms with E-state index in [2.05, 4.69) is 14.0 Å². The van der Waals surface area contributed by atoms with E-state index in [0.717, 1.165) is 0 Å². The van der Waals surface area contributed by atoms with E-state index in [9.17, 15) is 15.2 Å². The molecule has 0 aliphatic rings. The third-order valence-electron chi connectivity index (χ3n) is 0.689. The molecule has 0 saturated carbocycles. The average Bonchev–Trinajstić information content (AvgIpc) is 2.01. The summed E-state index contributed by atoms with van der Waals surface area (Å²) in [5.41, 5.74) is 0. The molecule has 0 aliphatic carbocycles. The predicted molar refractivity (Wildman–Crippen MR) is 31.3 cm³/mol. The summed E-state index contributed by atoms with van der Waals surface area (Å²) in [6, 6.07) is 5.50. The van der Waals surface area contributed by atoms with E-state index in [0.29, 0.717) is 0 Å². The van der Waals surface area contributed by atoms with Crippen molar-refractivity contribution in [3.63, 3.8) is 0 Å². The quantitative estimate of drug-likeness (QED) is 0.679. The predicted octanol–water partition coefficient (Wildman–Crippen LogP) is -0.781. The molecule has 1 aromatic rings. The Balaban J connectivity index is 0.000000280. The molecular weight excluding hydrogens is 290 g/mol. The van der Waals surface area contributed by atoms with Crippen LogP contribution in [0.3, 0.4) is 0 Å². The van der Waals surface area contributed by atoms with Crippen LogP contribution in [-0.2, 0) is 45.3 Å². The van der Waals surface area contributed by atoms with Crippen LogP contribution in [0.4, 0.5) is 0 Å². The number of pyridine rings is 1. The van der Waals surface area contributed by atoms with E-state index in [1.54, 1.807) is 12.3 Å². The Hall–Kier alpha value is -0.705. The largest absolute Gasteiger partial charge is 0.394 e. The SMILES string of the molecule is [O]=[Cr](=[O])([OH])[O][Cr](=[O])(=[O])[OH].[c-]1ccccn1. The van der Waals surface area contributed by atoms with E-state index in [-0.39, 0.29) is 0 Å². The van der Waals surface area contributed by atoms with E-state index >= 15 is 0 Å². The molecule has 1 heterocycles. The fourth-order valence-electron chi connectivity index (χ4n) is 0.386. The molecule has 0 fully saturated rings. The molecule has 1 aromatic heterocycles. The first kappa shape index (κ1) is 14.3. The van der Waals surface area contributed by atoms with Crippen molar-refractivity contribution in [2.24, 2.45) is 0 Å². The Morgan fingerprint density at radius 3 is 1.67 bits per heavy atom. The summed E-state index contributed by atoms with van der Waals surface area (Å²) in [4.78, 5) is 3.66. The van der Waals surface area contributed by atoms with Crippen LogP contribution in [0.25, 0.3) is 0 Å². The van der Waals surface area contributed by atoms with Crippen molar-refractivity contribution >= 4 is 0 Å². The van der Waals surface area contributed by atoms with Crippen LogP contribution in [0, 0.1) is 6.20 Å². The van der Waals surface area contributed by atoms with Crippen molar-refractivity contribution in [1.82, 2.24) is 4.98 Å². The Morgan fingerprint density at radius 2 is 1.60 bits per heavy atom. The van der Waals surface area contributed by atoms with Gasteiger partial charge in [-0.25, -0.2) is 0 Å². The molecule has 0 unspecified atom stereocenters. The van der Waals surface area contributed by atoms with Gasteiger partial charge >= 0.3 is 53.6 Å². The molecule has 0 atom stereocenters. The van der Waals surface area contributed by atoms with Gasteiger partial charge in [-0.2, -0.15) is 18.2 Å². The fourth-order valence-corrected chi connectivity index (χ4v) is 2.12. The normalized spacial score (nSPS) is 11.3. The average molecular weight is 296 g/mol. The minimum atomic E-state index is -5.76. The van der Waals surface area contributed by atoms with Gasteiger partial charge in [0.15, 0.2) is 0 Å². The van der Waals surface area contributed by atoms with Crippen molar-refractivity contribution in [2.45, 2.75) is 0 Å². The molecule has 0 radical (unpaired) electrons. The van der Waals surface area contributed by atoms with Gasteiger partial charge in [-0.3, -0.25) is 0 Å². The molecule has 1 rings (SSSR count). The van der Waals surface area contributed by atoms with Crippen LogP contribution in [0.2, 0.25) is 0 Å². The zero-order valence-electron chi connectivity index (χ0n) is 7.01. The number of aromatic nitrogens is 1. The maximum Gasteiger partial charge on any atom is -0.0813 e. The second kappa shape index (κ2) is 6.00. The van der Waals surface area contributed by atoms with E-state index in [4.69, 9.17) is 8.32 Å². The molecule has 15 heavy (non-hydrogen) atoms. The third kappa shape index (κ3) is 13.3. The number of nitrogens with zero attached hydrogens (tertiary/aromatic N) is 1. The standard InChI is InChI=1S/C5H4N.2Cr.2H2O.5O/c1-2-4-6-5-3-1;;;;;;;;;/h1-4H;;;2*1H2;;;;;/q-1;2*+1;;;;;;;/p-2. The number of hydrogen-bond acceptors (Lipinski definition) is 6. The first-order chi connectivity index (χ1) is 6.71. The molecule has 0 aromatic carbocycles. The Kier molecular flexibility index (Phi) is 5.72. The van der Waals surface area contributed by atoms with Crippen LogP contribution in [0.5, 0.6) is 0 Å². The Bertz CT molecular complexity index is 409. The minimum absolute atomic E-state index is 1.69. The summed E-state index contributed by atoms with van der Waals surface area (Å²) in [6.45, 7) is 0. The van der Waals surface area contributed by atoms with Crippen molar-refractivity contribution in [2.75, 3.05) is 0 Å². The van der Waals surface area contributed by atoms with Gasteiger partial charge in [0.1, 0.15) is 0 Å². The first-order valence-electron chi connectivity index (χ1n) is 3.14. The second-order valence-corrected chi connectivity index (χ2v) is 5.64. The topological polar surface area (TPSA) is 131 Å². The zero-order valence-corrected chi connectivity index (χ0v) is 9.56. The maximum atomic E-state index is 9.53. The minimum Gasteiger partial charge on any atom is -0.394 e.